The molecule has 0 aliphatic heterocycles. The summed E-state index contributed by atoms with van der Waals surface area (Å²) in [6.07, 6.45) is 0. The molecule has 2 aromatic carbocycles. The number of carbonyl (C=O) groups excluding carboxylic acids is 1. The number of carbonyl (C=O) groups is 1. The van der Waals surface area contributed by atoms with Crippen LogP contribution in [0.2, 0.25) is 0 Å². The van der Waals surface area contributed by atoms with Crippen molar-refractivity contribution in [1.82, 2.24) is 5.32 Å². The molecule has 3 heteroatoms. The van der Waals surface area contributed by atoms with E-state index in [0.29, 0.717) is 0 Å². The van der Waals surface area contributed by atoms with Crippen LogP contribution in [0, 0.1) is 3.57 Å². The number of nitrogens with one attached hydrogen (secondary N) is 1. The van der Waals surface area contributed by atoms with Crippen molar-refractivity contribution in [2.24, 2.45) is 0 Å². The normalized spacial score (nSPS) is 16.0. The van der Waals surface area contributed by atoms with Crippen LogP contribution in [0.15, 0.2) is 42.5 Å². The Balaban J connectivity index is 2.21. The van der Waals surface area contributed by atoms with Crippen LogP contribution in [-0.2, 0) is 4.79 Å². The topological polar surface area (TPSA) is 29.1 Å². The van der Waals surface area contributed by atoms with Gasteiger partial charge in [-0.25, -0.2) is 0 Å². The van der Waals surface area contributed by atoms with E-state index in [1.165, 1.54) is 25.8 Å². The lowest BCUT2D eigenvalue weighted by atomic mass is 10.1. The molecule has 1 aliphatic carbocycles. The summed E-state index contributed by atoms with van der Waals surface area (Å²) in [5.74, 6) is 0.00140. The molecule has 3 rings (SSSR count). The second-order valence-electron chi connectivity index (χ2n) is 4.45. The number of hydrogen-bond acceptors (Lipinski definition) is 1. The standard InChI is InChI=1S/C15H12INO/c1-9(18)17-15-13-5-3-2-4-11(13)12-7-6-10(16)8-14(12)15/h2-8,15H,1H3,(H,17,18). The van der Waals surface area contributed by atoms with E-state index in [1.807, 2.05) is 12.1 Å². The second-order valence-corrected chi connectivity index (χ2v) is 5.70. The highest BCUT2D eigenvalue weighted by Crippen LogP contribution is 2.43. The molecule has 2 aromatic rings. The molecule has 2 nitrogen and oxygen atoms in total. The van der Waals surface area contributed by atoms with Gasteiger partial charge in [-0.05, 0) is 57.0 Å². The van der Waals surface area contributed by atoms with Crippen molar-refractivity contribution in [2.45, 2.75) is 13.0 Å². The SMILES string of the molecule is CC(=O)NC1c2ccccc2-c2ccc(I)cc21. The lowest BCUT2D eigenvalue weighted by Gasteiger charge is -2.14. The van der Waals surface area contributed by atoms with Gasteiger partial charge >= 0.3 is 0 Å². The summed E-state index contributed by atoms with van der Waals surface area (Å²) in [7, 11) is 0. The first-order chi connectivity index (χ1) is 8.66. The van der Waals surface area contributed by atoms with Crippen molar-refractivity contribution in [3.63, 3.8) is 0 Å². The van der Waals surface area contributed by atoms with Crippen LogP contribution in [0.4, 0.5) is 0 Å². The molecule has 1 atom stereocenters. The van der Waals surface area contributed by atoms with Gasteiger partial charge < -0.3 is 5.32 Å². The molecule has 0 bridgehead atoms. The third kappa shape index (κ3) is 1.82. The van der Waals surface area contributed by atoms with Crippen molar-refractivity contribution < 1.29 is 4.79 Å². The van der Waals surface area contributed by atoms with Gasteiger partial charge in [-0.15, -0.1) is 0 Å². The molecule has 1 unspecified atom stereocenters. The molecule has 0 radical (unpaired) electrons. The van der Waals surface area contributed by atoms with Gasteiger partial charge in [-0.2, -0.15) is 0 Å². The highest BCUT2D eigenvalue weighted by atomic mass is 127. The first kappa shape index (κ1) is 11.7. The summed E-state index contributed by atoms with van der Waals surface area (Å²) < 4.78 is 1.19. The maximum Gasteiger partial charge on any atom is 0.217 e. The fourth-order valence-electron chi connectivity index (χ4n) is 2.54. The fraction of sp³-hybridized carbons (Fsp3) is 0.133. The van der Waals surface area contributed by atoms with E-state index in [0.717, 1.165) is 0 Å². The van der Waals surface area contributed by atoms with E-state index in [-0.39, 0.29) is 11.9 Å². The molecule has 0 aromatic heterocycles. The second kappa shape index (κ2) is 4.39. The average molecular weight is 349 g/mol. The zero-order valence-corrected chi connectivity index (χ0v) is 12.1. The third-order valence-electron chi connectivity index (χ3n) is 3.23. The maximum atomic E-state index is 11.4. The van der Waals surface area contributed by atoms with Gasteiger partial charge in [-0.3, -0.25) is 4.79 Å². The maximum absolute atomic E-state index is 11.4. The first-order valence-corrected chi connectivity index (χ1v) is 6.90. The number of benzene rings is 2. The Hall–Kier alpha value is -1.36. The van der Waals surface area contributed by atoms with Crippen LogP contribution < -0.4 is 5.32 Å². The van der Waals surface area contributed by atoms with Crippen LogP contribution >= 0.6 is 22.6 Å². The summed E-state index contributed by atoms with van der Waals surface area (Å²) in [5, 5.41) is 3.04. The number of halogens is 1. The quantitative estimate of drug-likeness (QED) is 0.785. The predicted molar refractivity (Wildman–Crippen MR) is 80.3 cm³/mol. The third-order valence-corrected chi connectivity index (χ3v) is 3.91. The van der Waals surface area contributed by atoms with Crippen LogP contribution in [0.5, 0.6) is 0 Å². The molecular formula is C15H12INO. The van der Waals surface area contributed by atoms with Gasteiger partial charge in [0.05, 0.1) is 6.04 Å². The summed E-state index contributed by atoms with van der Waals surface area (Å²) >= 11 is 2.30. The molecule has 0 spiro atoms. The highest BCUT2D eigenvalue weighted by Gasteiger charge is 2.28. The zero-order chi connectivity index (χ0) is 12.7. The Kier molecular flexibility index (Phi) is 2.86. The Morgan fingerprint density at radius 3 is 2.61 bits per heavy atom. The van der Waals surface area contributed by atoms with Crippen LogP contribution in [0.25, 0.3) is 11.1 Å². The van der Waals surface area contributed by atoms with E-state index in [4.69, 9.17) is 0 Å². The van der Waals surface area contributed by atoms with Crippen LogP contribution in [0.3, 0.4) is 0 Å². The van der Waals surface area contributed by atoms with Gasteiger partial charge in [0.1, 0.15) is 0 Å². The van der Waals surface area contributed by atoms with E-state index in [2.05, 4.69) is 58.2 Å². The number of fused-ring (bicyclic) bond motifs is 3. The van der Waals surface area contributed by atoms with E-state index in [1.54, 1.807) is 6.92 Å². The van der Waals surface area contributed by atoms with Gasteiger partial charge in [0, 0.05) is 10.5 Å². The van der Waals surface area contributed by atoms with E-state index in [9.17, 15) is 4.79 Å². The predicted octanol–water partition coefficient (Wildman–Crippen LogP) is 3.50. The molecular weight excluding hydrogens is 337 g/mol. The van der Waals surface area contributed by atoms with Gasteiger partial charge in [0.15, 0.2) is 0 Å². The van der Waals surface area contributed by atoms with Crippen molar-refractivity contribution in [2.75, 3.05) is 0 Å². The lowest BCUT2D eigenvalue weighted by molar-refractivity contribution is -0.119. The molecule has 1 amide bonds. The highest BCUT2D eigenvalue weighted by molar-refractivity contribution is 14.1. The number of hydrogen-bond donors (Lipinski definition) is 1. The minimum Gasteiger partial charge on any atom is -0.345 e. The summed E-state index contributed by atoms with van der Waals surface area (Å²) in [6.45, 7) is 1.56. The van der Waals surface area contributed by atoms with Crippen molar-refractivity contribution >= 4 is 28.5 Å². The molecule has 1 N–H and O–H groups in total. The van der Waals surface area contributed by atoms with E-state index >= 15 is 0 Å². The molecule has 90 valence electrons. The molecule has 0 saturated carbocycles. The Morgan fingerprint density at radius 2 is 1.83 bits per heavy atom. The Labute approximate surface area is 120 Å². The average Bonchev–Trinajstić information content (AvgIpc) is 2.63. The van der Waals surface area contributed by atoms with Crippen LogP contribution in [0.1, 0.15) is 24.1 Å². The summed E-state index contributed by atoms with van der Waals surface area (Å²) in [5.41, 5.74) is 4.83. The van der Waals surface area contributed by atoms with Crippen molar-refractivity contribution in [3.8, 4) is 11.1 Å². The number of rotatable bonds is 1. The van der Waals surface area contributed by atoms with Crippen LogP contribution in [-0.4, -0.2) is 5.91 Å². The fourth-order valence-corrected chi connectivity index (χ4v) is 3.05. The minimum atomic E-state index is -0.0107. The largest absolute Gasteiger partial charge is 0.345 e. The summed E-state index contributed by atoms with van der Waals surface area (Å²) in [4.78, 5) is 11.4. The smallest absolute Gasteiger partial charge is 0.217 e. The van der Waals surface area contributed by atoms with Gasteiger partial charge in [-0.1, -0.05) is 30.3 Å². The van der Waals surface area contributed by atoms with Gasteiger partial charge in [0.25, 0.3) is 0 Å². The molecule has 18 heavy (non-hydrogen) atoms. The van der Waals surface area contributed by atoms with Gasteiger partial charge in [0.2, 0.25) is 5.91 Å². The molecule has 0 fully saturated rings. The first-order valence-electron chi connectivity index (χ1n) is 5.82. The zero-order valence-electron chi connectivity index (χ0n) is 9.91. The monoisotopic (exact) mass is 349 g/mol. The summed E-state index contributed by atoms with van der Waals surface area (Å²) in [6, 6.07) is 14.6. The molecule has 0 heterocycles. The number of amides is 1. The lowest BCUT2D eigenvalue weighted by Crippen LogP contribution is -2.25. The van der Waals surface area contributed by atoms with Crippen molar-refractivity contribution in [1.29, 1.82) is 0 Å². The molecule has 0 saturated heterocycles. The minimum absolute atomic E-state index is 0.00140. The van der Waals surface area contributed by atoms with Crippen molar-refractivity contribution in [3.05, 3.63) is 57.2 Å². The molecule has 1 aliphatic rings. The Bertz CT molecular complexity index is 636. The Morgan fingerprint density at radius 1 is 1.11 bits per heavy atom. The van der Waals surface area contributed by atoms with E-state index < -0.39 is 0 Å².